The molecule has 0 saturated carbocycles. The van der Waals surface area contributed by atoms with Gasteiger partial charge in [0.2, 0.25) is 0 Å². The number of carbonyl (C=O) groups excluding carboxylic acids is 2. The van der Waals surface area contributed by atoms with E-state index in [4.69, 9.17) is 5.11 Å². The van der Waals surface area contributed by atoms with E-state index in [0.717, 1.165) is 4.90 Å². The molecule has 0 aliphatic carbocycles. The first-order chi connectivity index (χ1) is 9.86. The molecule has 1 aliphatic rings. The maximum absolute atomic E-state index is 13.2. The van der Waals surface area contributed by atoms with E-state index in [1.54, 1.807) is 6.92 Å². The molecule has 0 saturated heterocycles. The standard InChI is InChI=1S/C14H13F2NO4/c1-2-3-7(4-12(18)19)17-13(20)8-5-10(15)11(16)6-9(8)14(17)21/h5-7H,2-4H2,1H3,(H,18,19). The minimum absolute atomic E-state index is 0.231. The summed E-state index contributed by atoms with van der Waals surface area (Å²) < 4.78 is 26.4. The van der Waals surface area contributed by atoms with Gasteiger partial charge in [0.1, 0.15) is 0 Å². The zero-order chi connectivity index (χ0) is 15.7. The van der Waals surface area contributed by atoms with Crippen LogP contribution in [0.5, 0.6) is 0 Å². The molecule has 1 heterocycles. The van der Waals surface area contributed by atoms with E-state index in [1.807, 2.05) is 0 Å². The topological polar surface area (TPSA) is 74.7 Å². The van der Waals surface area contributed by atoms with Crippen LogP contribution in [0.4, 0.5) is 8.78 Å². The van der Waals surface area contributed by atoms with Gasteiger partial charge < -0.3 is 5.11 Å². The summed E-state index contributed by atoms with van der Waals surface area (Å²) in [7, 11) is 0. The molecule has 0 aromatic heterocycles. The Morgan fingerprint density at radius 2 is 1.67 bits per heavy atom. The van der Waals surface area contributed by atoms with Gasteiger partial charge in [0.15, 0.2) is 11.6 Å². The number of rotatable bonds is 5. The zero-order valence-corrected chi connectivity index (χ0v) is 11.2. The lowest BCUT2D eigenvalue weighted by Gasteiger charge is -2.24. The van der Waals surface area contributed by atoms with Gasteiger partial charge in [-0.1, -0.05) is 13.3 Å². The Hall–Kier alpha value is -2.31. The van der Waals surface area contributed by atoms with Crippen molar-refractivity contribution < 1.29 is 28.3 Å². The van der Waals surface area contributed by atoms with Gasteiger partial charge in [-0.2, -0.15) is 0 Å². The first-order valence-electron chi connectivity index (χ1n) is 6.45. The van der Waals surface area contributed by atoms with Crippen molar-refractivity contribution >= 4 is 17.8 Å². The number of nitrogens with zero attached hydrogens (tertiary/aromatic N) is 1. The van der Waals surface area contributed by atoms with Crippen molar-refractivity contribution in [3.05, 3.63) is 34.9 Å². The summed E-state index contributed by atoms with van der Waals surface area (Å²) >= 11 is 0. The van der Waals surface area contributed by atoms with E-state index < -0.39 is 41.9 Å². The monoisotopic (exact) mass is 297 g/mol. The van der Waals surface area contributed by atoms with Gasteiger partial charge in [-0.15, -0.1) is 0 Å². The van der Waals surface area contributed by atoms with Crippen molar-refractivity contribution in [3.63, 3.8) is 0 Å². The highest BCUT2D eigenvalue weighted by molar-refractivity contribution is 6.21. The number of carboxylic acids is 1. The van der Waals surface area contributed by atoms with Gasteiger partial charge in [-0.25, -0.2) is 8.78 Å². The van der Waals surface area contributed by atoms with E-state index in [1.165, 1.54) is 0 Å². The molecule has 1 atom stereocenters. The number of carbonyl (C=O) groups is 3. The first kappa shape index (κ1) is 15.1. The fraction of sp³-hybridized carbons (Fsp3) is 0.357. The molecule has 1 unspecified atom stereocenters. The summed E-state index contributed by atoms with van der Waals surface area (Å²) in [4.78, 5) is 36.0. The largest absolute Gasteiger partial charge is 0.481 e. The minimum Gasteiger partial charge on any atom is -0.481 e. The van der Waals surface area contributed by atoms with Gasteiger partial charge >= 0.3 is 5.97 Å². The van der Waals surface area contributed by atoms with Crippen LogP contribution in [0.25, 0.3) is 0 Å². The number of amides is 2. The molecule has 1 aliphatic heterocycles. The Morgan fingerprint density at radius 3 is 2.05 bits per heavy atom. The van der Waals surface area contributed by atoms with Crippen molar-refractivity contribution in [2.45, 2.75) is 32.2 Å². The molecular weight excluding hydrogens is 284 g/mol. The molecule has 112 valence electrons. The smallest absolute Gasteiger partial charge is 0.305 e. The van der Waals surface area contributed by atoms with E-state index in [2.05, 4.69) is 0 Å². The van der Waals surface area contributed by atoms with Crippen molar-refractivity contribution in [1.29, 1.82) is 0 Å². The number of hydrogen-bond acceptors (Lipinski definition) is 3. The molecule has 5 nitrogen and oxygen atoms in total. The summed E-state index contributed by atoms with van der Waals surface area (Å²) in [6, 6.07) is 0.523. The number of fused-ring (bicyclic) bond motifs is 1. The van der Waals surface area contributed by atoms with E-state index in [0.29, 0.717) is 25.0 Å². The second kappa shape index (κ2) is 5.59. The van der Waals surface area contributed by atoms with Crippen LogP contribution in [0.15, 0.2) is 12.1 Å². The predicted molar refractivity (Wildman–Crippen MR) is 67.8 cm³/mol. The summed E-state index contributed by atoms with van der Waals surface area (Å²) in [6.45, 7) is 1.78. The quantitative estimate of drug-likeness (QED) is 0.845. The molecule has 7 heteroatoms. The second-order valence-corrected chi connectivity index (χ2v) is 4.83. The number of hydrogen-bond donors (Lipinski definition) is 1. The predicted octanol–water partition coefficient (Wildman–Crippen LogP) is 2.20. The van der Waals surface area contributed by atoms with Crippen molar-refractivity contribution in [3.8, 4) is 0 Å². The highest BCUT2D eigenvalue weighted by Crippen LogP contribution is 2.29. The lowest BCUT2D eigenvalue weighted by atomic mass is 10.1. The number of carboxylic acid groups (broad SMARTS) is 1. The second-order valence-electron chi connectivity index (χ2n) is 4.83. The molecule has 0 bridgehead atoms. The third-order valence-electron chi connectivity index (χ3n) is 3.36. The molecule has 1 N–H and O–H groups in total. The molecule has 2 amide bonds. The average molecular weight is 297 g/mol. The number of imide groups is 1. The Bertz CT molecular complexity index is 589. The summed E-state index contributed by atoms with van der Waals surface area (Å²) in [5, 5.41) is 8.88. The van der Waals surface area contributed by atoms with Crippen LogP contribution in [-0.2, 0) is 4.79 Å². The third-order valence-corrected chi connectivity index (χ3v) is 3.36. The van der Waals surface area contributed by atoms with E-state index in [9.17, 15) is 23.2 Å². The van der Waals surface area contributed by atoms with Gasteiger partial charge in [0.05, 0.1) is 23.6 Å². The average Bonchev–Trinajstić information content (AvgIpc) is 2.62. The van der Waals surface area contributed by atoms with E-state index in [-0.39, 0.29) is 11.1 Å². The van der Waals surface area contributed by atoms with Gasteiger partial charge in [-0.3, -0.25) is 19.3 Å². The Kier molecular flexibility index (Phi) is 4.02. The SMILES string of the molecule is CCCC(CC(=O)O)N1C(=O)c2cc(F)c(F)cc2C1=O. The summed E-state index contributed by atoms with van der Waals surface area (Å²) in [5.41, 5.74) is -0.462. The first-order valence-corrected chi connectivity index (χ1v) is 6.45. The Labute approximate surface area is 119 Å². The molecule has 0 spiro atoms. The third kappa shape index (κ3) is 2.63. The molecule has 0 fully saturated rings. The summed E-state index contributed by atoms with van der Waals surface area (Å²) in [5.74, 6) is -5.16. The van der Waals surface area contributed by atoms with Crippen LogP contribution in [0.2, 0.25) is 0 Å². The zero-order valence-electron chi connectivity index (χ0n) is 11.2. The lowest BCUT2D eigenvalue weighted by molar-refractivity contribution is -0.138. The molecular formula is C14H13F2NO4. The fourth-order valence-corrected chi connectivity index (χ4v) is 2.44. The molecule has 1 aromatic carbocycles. The number of aliphatic carboxylic acids is 1. The Balaban J connectivity index is 2.41. The van der Waals surface area contributed by atoms with Crippen molar-refractivity contribution in [1.82, 2.24) is 4.90 Å². The van der Waals surface area contributed by atoms with Gasteiger partial charge in [0, 0.05) is 0 Å². The molecule has 1 aromatic rings. The minimum atomic E-state index is -1.22. The maximum atomic E-state index is 13.2. The molecule has 0 radical (unpaired) electrons. The van der Waals surface area contributed by atoms with Gasteiger partial charge in [0.25, 0.3) is 11.8 Å². The highest BCUT2D eigenvalue weighted by Gasteiger charge is 2.41. The van der Waals surface area contributed by atoms with Crippen molar-refractivity contribution in [2.75, 3.05) is 0 Å². The van der Waals surface area contributed by atoms with Crippen LogP contribution in [-0.4, -0.2) is 33.8 Å². The highest BCUT2D eigenvalue weighted by atomic mass is 19.2. The molecule has 21 heavy (non-hydrogen) atoms. The van der Waals surface area contributed by atoms with Crippen LogP contribution in [0.3, 0.4) is 0 Å². The van der Waals surface area contributed by atoms with Crippen molar-refractivity contribution in [2.24, 2.45) is 0 Å². The van der Waals surface area contributed by atoms with Crippen LogP contribution < -0.4 is 0 Å². The molecule has 2 rings (SSSR count). The van der Waals surface area contributed by atoms with E-state index >= 15 is 0 Å². The van der Waals surface area contributed by atoms with Crippen LogP contribution >= 0.6 is 0 Å². The lowest BCUT2D eigenvalue weighted by Crippen LogP contribution is -2.41. The van der Waals surface area contributed by atoms with Gasteiger partial charge in [-0.05, 0) is 18.6 Å². The maximum Gasteiger partial charge on any atom is 0.305 e. The normalized spacial score (nSPS) is 15.3. The fourth-order valence-electron chi connectivity index (χ4n) is 2.44. The van der Waals surface area contributed by atoms with Crippen LogP contribution in [0.1, 0.15) is 46.9 Å². The number of halogens is 2. The number of benzene rings is 1. The van der Waals surface area contributed by atoms with Crippen LogP contribution in [0, 0.1) is 11.6 Å². The summed E-state index contributed by atoms with van der Waals surface area (Å²) in [6.07, 6.45) is 0.473. The Morgan fingerprint density at radius 1 is 1.19 bits per heavy atom.